The van der Waals surface area contributed by atoms with Gasteiger partial charge in [-0.1, -0.05) is 35.5 Å². The van der Waals surface area contributed by atoms with Crippen molar-refractivity contribution in [3.63, 3.8) is 0 Å². The molecule has 152 valence electrons. The van der Waals surface area contributed by atoms with Gasteiger partial charge in [0.1, 0.15) is 11.0 Å². The Kier molecular flexibility index (Phi) is 7.17. The highest BCUT2D eigenvalue weighted by molar-refractivity contribution is 8.15. The summed E-state index contributed by atoms with van der Waals surface area (Å²) in [4.78, 5) is 31.6. The first-order valence-corrected chi connectivity index (χ1v) is 10.6. The third-order valence-electron chi connectivity index (χ3n) is 4.19. The number of nitrogens with zero attached hydrogens (tertiary/aromatic N) is 2. The number of hydrogen-bond donors (Lipinski definition) is 1. The molecule has 3 rings (SSSR count). The van der Waals surface area contributed by atoms with E-state index in [1.807, 2.05) is 26.0 Å². The highest BCUT2D eigenvalue weighted by atomic mass is 35.5. The van der Waals surface area contributed by atoms with Crippen LogP contribution in [0.1, 0.15) is 20.3 Å². The minimum atomic E-state index is -0.570. The van der Waals surface area contributed by atoms with Gasteiger partial charge in [-0.2, -0.15) is 0 Å². The van der Waals surface area contributed by atoms with E-state index in [2.05, 4.69) is 10.3 Å². The zero-order valence-corrected chi connectivity index (χ0v) is 17.8. The molecule has 1 atom stereocenters. The minimum absolute atomic E-state index is 0.115. The van der Waals surface area contributed by atoms with Gasteiger partial charge in [-0.05, 0) is 44.2 Å². The van der Waals surface area contributed by atoms with Crippen molar-refractivity contribution in [1.82, 2.24) is 4.90 Å². The first-order chi connectivity index (χ1) is 14.0. The SMILES string of the molecule is CCOc1cccc(NC(=O)C2CC(=O)N(CC)C(=Nc3cccc(Cl)c3)S2)c1. The molecular weight excluding hydrogens is 410 g/mol. The Hall–Kier alpha value is -2.51. The zero-order chi connectivity index (χ0) is 20.8. The van der Waals surface area contributed by atoms with Crippen LogP contribution in [-0.2, 0) is 9.59 Å². The first-order valence-electron chi connectivity index (χ1n) is 9.35. The molecule has 2 amide bonds. The van der Waals surface area contributed by atoms with Gasteiger partial charge >= 0.3 is 0 Å². The average molecular weight is 432 g/mol. The molecule has 6 nitrogen and oxygen atoms in total. The second-order valence-corrected chi connectivity index (χ2v) is 7.88. The van der Waals surface area contributed by atoms with Crippen LogP contribution in [0, 0.1) is 0 Å². The standard InChI is InChI=1S/C21H22ClN3O3S/c1-3-25-19(26)13-18(29-21(25)24-15-8-5-7-14(22)11-15)20(27)23-16-9-6-10-17(12-16)28-4-2/h5-12,18H,3-4,13H2,1-2H3,(H,23,27). The number of carbonyl (C=O) groups excluding carboxylic acids is 2. The summed E-state index contributed by atoms with van der Waals surface area (Å²) in [6, 6.07) is 14.3. The van der Waals surface area contributed by atoms with Crippen LogP contribution in [0.25, 0.3) is 0 Å². The molecule has 29 heavy (non-hydrogen) atoms. The Bertz CT molecular complexity index is 935. The number of halogens is 1. The number of aliphatic imine (C=N–C) groups is 1. The monoisotopic (exact) mass is 431 g/mol. The van der Waals surface area contributed by atoms with E-state index in [0.717, 1.165) is 0 Å². The van der Waals surface area contributed by atoms with Crippen molar-refractivity contribution >= 4 is 51.7 Å². The molecule has 1 fully saturated rings. The predicted molar refractivity (Wildman–Crippen MR) is 118 cm³/mol. The lowest BCUT2D eigenvalue weighted by molar-refractivity contribution is -0.129. The van der Waals surface area contributed by atoms with E-state index < -0.39 is 5.25 Å². The van der Waals surface area contributed by atoms with Crippen molar-refractivity contribution in [3.05, 3.63) is 53.6 Å². The maximum absolute atomic E-state index is 12.8. The number of ether oxygens (including phenoxy) is 1. The van der Waals surface area contributed by atoms with Crippen LogP contribution in [0.5, 0.6) is 5.75 Å². The van der Waals surface area contributed by atoms with Crippen molar-refractivity contribution in [1.29, 1.82) is 0 Å². The van der Waals surface area contributed by atoms with Gasteiger partial charge in [0.25, 0.3) is 0 Å². The lowest BCUT2D eigenvalue weighted by Gasteiger charge is -2.30. The van der Waals surface area contributed by atoms with Gasteiger partial charge in [0.05, 0.1) is 12.3 Å². The largest absolute Gasteiger partial charge is 0.494 e. The summed E-state index contributed by atoms with van der Waals surface area (Å²) in [5.74, 6) is 0.305. The number of thioether (sulfide) groups is 1. The van der Waals surface area contributed by atoms with Gasteiger partial charge in [0, 0.05) is 29.7 Å². The van der Waals surface area contributed by atoms with Crippen LogP contribution in [-0.4, -0.2) is 40.3 Å². The lowest BCUT2D eigenvalue weighted by atomic mass is 10.2. The molecule has 0 radical (unpaired) electrons. The van der Waals surface area contributed by atoms with Crippen molar-refractivity contribution in [2.24, 2.45) is 4.99 Å². The molecule has 0 spiro atoms. The number of amidine groups is 1. The Morgan fingerprint density at radius 1 is 1.28 bits per heavy atom. The van der Waals surface area contributed by atoms with Crippen LogP contribution in [0.15, 0.2) is 53.5 Å². The highest BCUT2D eigenvalue weighted by Crippen LogP contribution is 2.30. The average Bonchev–Trinajstić information content (AvgIpc) is 2.68. The van der Waals surface area contributed by atoms with Crippen LogP contribution >= 0.6 is 23.4 Å². The number of benzene rings is 2. The van der Waals surface area contributed by atoms with E-state index in [0.29, 0.717) is 40.5 Å². The second kappa shape index (κ2) is 9.80. The Morgan fingerprint density at radius 2 is 2.07 bits per heavy atom. The number of nitrogens with one attached hydrogen (secondary N) is 1. The van der Waals surface area contributed by atoms with E-state index >= 15 is 0 Å². The van der Waals surface area contributed by atoms with Gasteiger partial charge in [-0.3, -0.25) is 14.5 Å². The van der Waals surface area contributed by atoms with E-state index in [1.165, 1.54) is 11.8 Å². The molecule has 0 bridgehead atoms. The molecule has 1 aliphatic heterocycles. The van der Waals surface area contributed by atoms with E-state index in [1.54, 1.807) is 41.3 Å². The summed E-state index contributed by atoms with van der Waals surface area (Å²) >= 11 is 7.31. The van der Waals surface area contributed by atoms with E-state index in [-0.39, 0.29) is 18.2 Å². The first kappa shape index (κ1) is 21.2. The van der Waals surface area contributed by atoms with Crippen LogP contribution in [0.3, 0.4) is 0 Å². The van der Waals surface area contributed by atoms with Crippen LogP contribution in [0.4, 0.5) is 11.4 Å². The fourth-order valence-corrected chi connectivity index (χ4v) is 4.21. The molecule has 0 saturated carbocycles. The molecule has 1 N–H and O–H groups in total. The summed E-state index contributed by atoms with van der Waals surface area (Å²) in [7, 11) is 0. The summed E-state index contributed by atoms with van der Waals surface area (Å²) in [5, 5.41) is 3.36. The van der Waals surface area contributed by atoms with Crippen molar-refractivity contribution < 1.29 is 14.3 Å². The summed E-state index contributed by atoms with van der Waals surface area (Å²) < 4.78 is 5.47. The second-order valence-electron chi connectivity index (χ2n) is 6.27. The Balaban J connectivity index is 1.78. The lowest BCUT2D eigenvalue weighted by Crippen LogP contribution is -2.45. The maximum Gasteiger partial charge on any atom is 0.238 e. The van der Waals surface area contributed by atoms with E-state index in [4.69, 9.17) is 16.3 Å². The molecule has 1 aliphatic rings. The fourth-order valence-electron chi connectivity index (χ4n) is 2.86. The highest BCUT2D eigenvalue weighted by Gasteiger charge is 2.35. The van der Waals surface area contributed by atoms with Gasteiger partial charge in [-0.25, -0.2) is 4.99 Å². The molecular formula is C21H22ClN3O3S. The molecule has 0 aliphatic carbocycles. The predicted octanol–water partition coefficient (Wildman–Crippen LogP) is 4.72. The molecule has 2 aromatic rings. The topological polar surface area (TPSA) is 71.0 Å². The summed E-state index contributed by atoms with van der Waals surface area (Å²) in [6.45, 7) is 4.80. The van der Waals surface area contributed by atoms with Gasteiger partial charge in [0.2, 0.25) is 11.8 Å². The molecule has 2 aromatic carbocycles. The molecule has 1 unspecified atom stereocenters. The third kappa shape index (κ3) is 5.52. The third-order valence-corrected chi connectivity index (χ3v) is 5.62. The fraction of sp³-hybridized carbons (Fsp3) is 0.286. The van der Waals surface area contributed by atoms with Gasteiger partial charge in [-0.15, -0.1) is 0 Å². The number of amides is 2. The smallest absolute Gasteiger partial charge is 0.238 e. The Labute approximate surface area is 179 Å². The van der Waals surface area contributed by atoms with Crippen molar-refractivity contribution in [2.45, 2.75) is 25.5 Å². The number of anilines is 1. The quantitative estimate of drug-likeness (QED) is 0.718. The molecule has 8 heteroatoms. The van der Waals surface area contributed by atoms with Gasteiger partial charge in [0.15, 0.2) is 5.17 Å². The molecule has 1 heterocycles. The normalized spacial score (nSPS) is 18.0. The maximum atomic E-state index is 12.8. The van der Waals surface area contributed by atoms with Crippen LogP contribution < -0.4 is 10.1 Å². The van der Waals surface area contributed by atoms with Gasteiger partial charge < -0.3 is 10.1 Å². The molecule has 1 saturated heterocycles. The zero-order valence-electron chi connectivity index (χ0n) is 16.2. The molecule has 0 aromatic heterocycles. The number of hydrogen-bond acceptors (Lipinski definition) is 5. The summed E-state index contributed by atoms with van der Waals surface area (Å²) in [5.41, 5.74) is 1.26. The van der Waals surface area contributed by atoms with Crippen LogP contribution in [0.2, 0.25) is 5.02 Å². The van der Waals surface area contributed by atoms with E-state index in [9.17, 15) is 9.59 Å². The minimum Gasteiger partial charge on any atom is -0.494 e. The summed E-state index contributed by atoms with van der Waals surface area (Å²) in [6.07, 6.45) is 0.115. The Morgan fingerprint density at radius 3 is 2.79 bits per heavy atom. The number of carbonyl (C=O) groups is 2. The number of rotatable bonds is 6. The van der Waals surface area contributed by atoms with Crippen molar-refractivity contribution in [3.8, 4) is 5.75 Å². The van der Waals surface area contributed by atoms with Crippen molar-refractivity contribution in [2.75, 3.05) is 18.5 Å².